The number of hydrogen-bond donors (Lipinski definition) is 1. The van der Waals surface area contributed by atoms with Gasteiger partial charge in [-0.15, -0.1) is 0 Å². The molecule has 0 aliphatic rings. The maximum absolute atomic E-state index is 13.6. The first kappa shape index (κ1) is 16.1. The van der Waals surface area contributed by atoms with Crippen LogP contribution in [0.4, 0.5) is 22.4 Å². The van der Waals surface area contributed by atoms with Crippen LogP contribution in [0, 0.1) is 0 Å². The van der Waals surface area contributed by atoms with Gasteiger partial charge in [-0.3, -0.25) is 0 Å². The van der Waals surface area contributed by atoms with E-state index in [9.17, 15) is 22.4 Å². The summed E-state index contributed by atoms with van der Waals surface area (Å²) in [5.74, 6) is -1.29. The summed E-state index contributed by atoms with van der Waals surface area (Å²) in [4.78, 5) is 10.6. The molecule has 0 amide bonds. The van der Waals surface area contributed by atoms with Crippen LogP contribution in [0.25, 0.3) is 5.69 Å². The van der Waals surface area contributed by atoms with Crippen molar-refractivity contribution in [3.8, 4) is 11.4 Å². The van der Waals surface area contributed by atoms with Crippen molar-refractivity contribution < 1.29 is 32.2 Å². The van der Waals surface area contributed by atoms with Crippen molar-refractivity contribution in [3.63, 3.8) is 0 Å². The van der Waals surface area contributed by atoms with Crippen molar-refractivity contribution in [1.82, 2.24) is 9.78 Å². The highest BCUT2D eigenvalue weighted by atomic mass is 35.5. The molecule has 0 bridgehead atoms. The van der Waals surface area contributed by atoms with Gasteiger partial charge in [0.2, 0.25) is 0 Å². The van der Waals surface area contributed by atoms with E-state index in [0.717, 1.165) is 0 Å². The number of halogens is 5. The molecular formula is C12H7ClF4N2O3. The topological polar surface area (TPSA) is 64.3 Å². The highest BCUT2D eigenvalue weighted by molar-refractivity contribution is 6.21. The molecule has 5 nitrogen and oxygen atoms in total. The van der Waals surface area contributed by atoms with Gasteiger partial charge in [0.25, 0.3) is 6.43 Å². The first-order chi connectivity index (χ1) is 10.2. The number of rotatable bonds is 4. The molecule has 118 valence electrons. The normalized spacial score (nSPS) is 11.7. The lowest BCUT2D eigenvalue weighted by Crippen LogP contribution is -2.15. The molecule has 0 aliphatic heterocycles. The fraction of sp³-hybridized carbons (Fsp3) is 0.167. The Kier molecular flexibility index (Phi) is 4.27. The summed E-state index contributed by atoms with van der Waals surface area (Å²) in [6, 6.07) is 7.08. The molecule has 0 saturated heterocycles. The van der Waals surface area contributed by atoms with Crippen molar-refractivity contribution in [2.45, 2.75) is 11.8 Å². The zero-order valence-corrected chi connectivity index (χ0v) is 11.3. The molecule has 0 aliphatic carbocycles. The summed E-state index contributed by atoms with van der Waals surface area (Å²) < 4.78 is 57.5. The molecular weight excluding hydrogens is 332 g/mol. The lowest BCUT2D eigenvalue weighted by Gasteiger charge is -2.12. The van der Waals surface area contributed by atoms with E-state index in [0.29, 0.717) is 4.68 Å². The molecule has 0 radical (unpaired) electrons. The molecule has 0 atom stereocenters. The van der Waals surface area contributed by atoms with Crippen molar-refractivity contribution in [1.29, 1.82) is 0 Å². The number of carboxylic acid groups (broad SMARTS) is 1. The number of hydrogen-bond acceptors (Lipinski definition) is 3. The molecule has 1 aromatic carbocycles. The van der Waals surface area contributed by atoms with E-state index in [1.807, 2.05) is 0 Å². The first-order valence-electron chi connectivity index (χ1n) is 5.66. The van der Waals surface area contributed by atoms with Gasteiger partial charge < -0.3 is 9.84 Å². The fourth-order valence-corrected chi connectivity index (χ4v) is 1.92. The summed E-state index contributed by atoms with van der Waals surface area (Å²) in [7, 11) is 0. The minimum atomic E-state index is -4.18. The van der Waals surface area contributed by atoms with E-state index in [1.165, 1.54) is 24.3 Å². The van der Waals surface area contributed by atoms with Crippen LogP contribution in [0.15, 0.2) is 30.3 Å². The van der Waals surface area contributed by atoms with Crippen molar-refractivity contribution >= 4 is 17.8 Å². The molecule has 1 N–H and O–H groups in total. The molecule has 0 saturated carbocycles. The second kappa shape index (κ2) is 5.84. The number of nitrogens with zero attached hydrogens (tertiary/aromatic N) is 2. The third-order valence-electron chi connectivity index (χ3n) is 2.53. The monoisotopic (exact) mass is 338 g/mol. The second-order valence-electron chi connectivity index (χ2n) is 3.98. The maximum atomic E-state index is 13.6. The van der Waals surface area contributed by atoms with E-state index in [4.69, 9.17) is 16.7 Å². The van der Waals surface area contributed by atoms with Crippen LogP contribution in [0.2, 0.25) is 0 Å². The lowest BCUT2D eigenvalue weighted by molar-refractivity contribution is 0.0816. The highest BCUT2D eigenvalue weighted by Gasteiger charge is 2.42. The van der Waals surface area contributed by atoms with Crippen LogP contribution in [0.3, 0.4) is 0 Å². The Labute approximate surface area is 125 Å². The summed E-state index contributed by atoms with van der Waals surface area (Å²) >= 11 is 4.91. The van der Waals surface area contributed by atoms with E-state index in [-0.39, 0.29) is 5.69 Å². The maximum Gasteiger partial charge on any atom is 0.511 e. The third kappa shape index (κ3) is 3.14. The van der Waals surface area contributed by atoms with Gasteiger partial charge in [0.05, 0.1) is 5.69 Å². The van der Waals surface area contributed by atoms with Crippen LogP contribution in [0.1, 0.15) is 17.8 Å². The van der Waals surface area contributed by atoms with Gasteiger partial charge in [-0.2, -0.15) is 13.9 Å². The van der Waals surface area contributed by atoms with Crippen molar-refractivity contribution in [3.05, 3.63) is 41.7 Å². The third-order valence-corrected chi connectivity index (χ3v) is 2.71. The molecule has 22 heavy (non-hydrogen) atoms. The van der Waals surface area contributed by atoms with Gasteiger partial charge in [0.1, 0.15) is 0 Å². The SMILES string of the molecule is O=C(O)Oc1c(C(F)F)nn(-c2ccccc2)c1C(F)(F)Cl. The molecule has 1 aromatic heterocycles. The van der Waals surface area contributed by atoms with E-state index in [1.54, 1.807) is 6.07 Å². The number of carbonyl (C=O) groups is 1. The smallest absolute Gasteiger partial charge is 0.449 e. The Hall–Kier alpha value is -2.29. The summed E-state index contributed by atoms with van der Waals surface area (Å²) in [5, 5.41) is 7.68. The van der Waals surface area contributed by atoms with Crippen LogP contribution < -0.4 is 4.74 Å². The molecule has 2 aromatic rings. The molecule has 0 unspecified atom stereocenters. The predicted octanol–water partition coefficient (Wildman–Crippen LogP) is 4.15. The van der Waals surface area contributed by atoms with Crippen LogP contribution in [-0.4, -0.2) is 21.0 Å². The van der Waals surface area contributed by atoms with Crippen molar-refractivity contribution in [2.75, 3.05) is 0 Å². The first-order valence-corrected chi connectivity index (χ1v) is 6.04. The van der Waals surface area contributed by atoms with Gasteiger partial charge >= 0.3 is 11.5 Å². The zero-order chi connectivity index (χ0) is 16.5. The Balaban J connectivity index is 2.76. The molecule has 0 spiro atoms. The largest absolute Gasteiger partial charge is 0.511 e. The lowest BCUT2D eigenvalue weighted by atomic mass is 10.3. The van der Waals surface area contributed by atoms with Crippen LogP contribution in [-0.2, 0) is 5.38 Å². The Bertz CT molecular complexity index is 686. The van der Waals surface area contributed by atoms with E-state index >= 15 is 0 Å². The second-order valence-corrected chi connectivity index (χ2v) is 4.45. The molecule has 0 fully saturated rings. The van der Waals surface area contributed by atoms with Gasteiger partial charge in [-0.05, 0) is 23.7 Å². The van der Waals surface area contributed by atoms with Gasteiger partial charge in [-0.25, -0.2) is 18.3 Å². The predicted molar refractivity (Wildman–Crippen MR) is 66.9 cm³/mol. The number of para-hydroxylation sites is 1. The minimum Gasteiger partial charge on any atom is -0.449 e. The van der Waals surface area contributed by atoms with Gasteiger partial charge in [-0.1, -0.05) is 18.2 Å². The summed E-state index contributed by atoms with van der Waals surface area (Å²) in [6.45, 7) is 0. The molecule has 10 heteroatoms. The number of ether oxygens (including phenoxy) is 1. The van der Waals surface area contributed by atoms with E-state index < -0.39 is 35.1 Å². The Morgan fingerprint density at radius 3 is 2.36 bits per heavy atom. The Morgan fingerprint density at radius 2 is 1.91 bits per heavy atom. The molecule has 1 heterocycles. The van der Waals surface area contributed by atoms with Crippen LogP contribution >= 0.6 is 11.6 Å². The fourth-order valence-electron chi connectivity index (χ4n) is 1.76. The number of aromatic nitrogens is 2. The number of benzene rings is 1. The standard InChI is InChI=1S/C12H7ClF4N2O3/c13-12(16,17)9-8(22-11(20)21)7(10(14)15)18-19(9)6-4-2-1-3-5-6/h1-5,10H,(H,20,21). The Morgan fingerprint density at radius 1 is 1.32 bits per heavy atom. The summed E-state index contributed by atoms with van der Waals surface area (Å²) in [6.07, 6.45) is -5.38. The molecule has 2 rings (SSSR count). The van der Waals surface area contributed by atoms with Gasteiger partial charge in [0.15, 0.2) is 17.1 Å². The highest BCUT2D eigenvalue weighted by Crippen LogP contribution is 2.44. The van der Waals surface area contributed by atoms with Crippen molar-refractivity contribution in [2.24, 2.45) is 0 Å². The quantitative estimate of drug-likeness (QED) is 0.516. The summed E-state index contributed by atoms with van der Waals surface area (Å²) in [5.41, 5.74) is -2.56. The average Bonchev–Trinajstić information content (AvgIpc) is 2.78. The average molecular weight is 339 g/mol. The number of alkyl halides is 5. The van der Waals surface area contributed by atoms with Crippen LogP contribution in [0.5, 0.6) is 5.75 Å². The zero-order valence-electron chi connectivity index (χ0n) is 10.5. The minimum absolute atomic E-state index is 0.0139. The van der Waals surface area contributed by atoms with E-state index in [2.05, 4.69) is 9.84 Å². The van der Waals surface area contributed by atoms with Gasteiger partial charge in [0, 0.05) is 0 Å².